The molecule has 106 valence electrons. The highest BCUT2D eigenvalue weighted by molar-refractivity contribution is 6.05. The van der Waals surface area contributed by atoms with Crippen LogP contribution in [0.5, 0.6) is 0 Å². The normalized spacial score (nSPS) is 11.8. The molecular formula is C16H17N4O+. The summed E-state index contributed by atoms with van der Waals surface area (Å²) in [6, 6.07) is 6.23. The highest BCUT2D eigenvalue weighted by Gasteiger charge is 2.21. The summed E-state index contributed by atoms with van der Waals surface area (Å²) in [6.07, 6.45) is 4.05. The SMILES string of the molecule is Cc1ccc2c(oc3c2nc(C)n3C)c1-n1ccc[n+]1C. The fourth-order valence-electron chi connectivity index (χ4n) is 2.88. The van der Waals surface area contributed by atoms with Crippen LogP contribution in [0.2, 0.25) is 0 Å². The van der Waals surface area contributed by atoms with Crippen molar-refractivity contribution in [3.8, 4) is 5.69 Å². The second-order valence-corrected chi connectivity index (χ2v) is 5.49. The molecule has 0 atom stereocenters. The van der Waals surface area contributed by atoms with Crippen LogP contribution in [0.15, 0.2) is 35.0 Å². The van der Waals surface area contributed by atoms with Gasteiger partial charge in [0.15, 0.2) is 24.5 Å². The third-order valence-corrected chi connectivity index (χ3v) is 4.15. The van der Waals surface area contributed by atoms with Gasteiger partial charge in [0.1, 0.15) is 11.3 Å². The quantitative estimate of drug-likeness (QED) is 0.503. The highest BCUT2D eigenvalue weighted by atomic mass is 16.3. The number of benzene rings is 1. The molecule has 0 saturated heterocycles. The van der Waals surface area contributed by atoms with Gasteiger partial charge in [-0.05, 0) is 25.5 Å². The monoisotopic (exact) mass is 281 g/mol. The van der Waals surface area contributed by atoms with Crippen LogP contribution in [0.4, 0.5) is 0 Å². The molecule has 1 aromatic carbocycles. The number of hydrogen-bond donors (Lipinski definition) is 0. The van der Waals surface area contributed by atoms with Crippen LogP contribution in [0.1, 0.15) is 11.4 Å². The maximum Gasteiger partial charge on any atom is 0.228 e. The number of imidazole rings is 1. The number of rotatable bonds is 1. The number of aryl methyl sites for hydroxylation is 4. The third kappa shape index (κ3) is 1.51. The predicted octanol–water partition coefficient (Wildman–Crippen LogP) is 2.55. The van der Waals surface area contributed by atoms with Crippen molar-refractivity contribution in [2.75, 3.05) is 0 Å². The Bertz CT molecular complexity index is 987. The van der Waals surface area contributed by atoms with Crippen molar-refractivity contribution in [3.63, 3.8) is 0 Å². The van der Waals surface area contributed by atoms with E-state index in [2.05, 4.69) is 28.7 Å². The van der Waals surface area contributed by atoms with Gasteiger partial charge in [-0.2, -0.15) is 0 Å². The number of nitrogens with zero attached hydrogens (tertiary/aromatic N) is 4. The molecule has 0 unspecified atom stereocenters. The Morgan fingerprint density at radius 2 is 2.05 bits per heavy atom. The van der Waals surface area contributed by atoms with E-state index in [1.165, 1.54) is 5.56 Å². The van der Waals surface area contributed by atoms with Gasteiger partial charge in [0, 0.05) is 13.1 Å². The first-order chi connectivity index (χ1) is 10.1. The molecule has 0 aliphatic rings. The average Bonchev–Trinajstić information content (AvgIpc) is 3.09. The van der Waals surface area contributed by atoms with Crippen LogP contribution >= 0.6 is 0 Å². The van der Waals surface area contributed by atoms with E-state index in [-0.39, 0.29) is 0 Å². The van der Waals surface area contributed by atoms with Crippen LogP contribution in [0.3, 0.4) is 0 Å². The van der Waals surface area contributed by atoms with Crippen molar-refractivity contribution >= 4 is 22.2 Å². The first-order valence-electron chi connectivity index (χ1n) is 6.96. The summed E-state index contributed by atoms with van der Waals surface area (Å²) in [5, 5.41) is 1.06. The van der Waals surface area contributed by atoms with Gasteiger partial charge in [-0.15, -0.1) is 9.36 Å². The Morgan fingerprint density at radius 3 is 2.76 bits per heavy atom. The Kier molecular flexibility index (Phi) is 2.31. The van der Waals surface area contributed by atoms with E-state index in [9.17, 15) is 0 Å². The maximum absolute atomic E-state index is 6.16. The van der Waals surface area contributed by atoms with Crippen molar-refractivity contribution in [1.82, 2.24) is 14.2 Å². The van der Waals surface area contributed by atoms with Gasteiger partial charge in [0.2, 0.25) is 5.71 Å². The smallest absolute Gasteiger partial charge is 0.228 e. The third-order valence-electron chi connectivity index (χ3n) is 4.15. The van der Waals surface area contributed by atoms with Gasteiger partial charge in [0.05, 0.1) is 11.6 Å². The topological polar surface area (TPSA) is 39.8 Å². The first-order valence-corrected chi connectivity index (χ1v) is 6.96. The Morgan fingerprint density at radius 1 is 1.24 bits per heavy atom. The molecule has 5 heteroatoms. The van der Waals surface area contributed by atoms with Crippen LogP contribution in [-0.2, 0) is 14.1 Å². The van der Waals surface area contributed by atoms with Crippen LogP contribution in [0, 0.1) is 13.8 Å². The zero-order valence-electron chi connectivity index (χ0n) is 12.6. The van der Waals surface area contributed by atoms with Gasteiger partial charge in [-0.3, -0.25) is 0 Å². The zero-order valence-corrected chi connectivity index (χ0v) is 12.6. The van der Waals surface area contributed by atoms with Gasteiger partial charge in [-0.1, -0.05) is 6.07 Å². The van der Waals surface area contributed by atoms with Gasteiger partial charge >= 0.3 is 0 Å². The second kappa shape index (κ2) is 3.97. The molecule has 0 amide bonds. The summed E-state index contributed by atoms with van der Waals surface area (Å²) in [6.45, 7) is 4.09. The Hall–Kier alpha value is -2.56. The lowest BCUT2D eigenvalue weighted by Crippen LogP contribution is -2.37. The maximum atomic E-state index is 6.16. The van der Waals surface area contributed by atoms with Gasteiger partial charge in [-0.25, -0.2) is 4.98 Å². The molecule has 4 aromatic rings. The number of hydrogen-bond acceptors (Lipinski definition) is 2. The molecule has 0 saturated carbocycles. The molecular weight excluding hydrogens is 264 g/mol. The van der Waals surface area contributed by atoms with E-state index in [1.807, 2.05) is 48.7 Å². The summed E-state index contributed by atoms with van der Waals surface area (Å²) < 4.78 is 12.3. The van der Waals surface area contributed by atoms with Crippen molar-refractivity contribution in [2.24, 2.45) is 14.1 Å². The predicted molar refractivity (Wildman–Crippen MR) is 80.5 cm³/mol. The molecule has 3 heterocycles. The Balaban J connectivity index is 2.18. The standard InChI is InChI=1S/C16H17N4O/c1-10-6-7-12-13-16(19(4)11(2)17-13)21-15(12)14(10)20-9-5-8-18(20)3/h5-9H,1-4H3/q+1. The van der Waals surface area contributed by atoms with E-state index in [1.54, 1.807) is 0 Å². The van der Waals surface area contributed by atoms with Crippen molar-refractivity contribution in [1.29, 1.82) is 0 Å². The average molecular weight is 281 g/mol. The van der Waals surface area contributed by atoms with Crippen LogP contribution < -0.4 is 4.68 Å². The summed E-state index contributed by atoms with van der Waals surface area (Å²) >= 11 is 0. The first kappa shape index (κ1) is 12.2. The molecule has 0 aliphatic heterocycles. The summed E-state index contributed by atoms with van der Waals surface area (Å²) in [5.74, 6) is 0.958. The molecule has 0 radical (unpaired) electrons. The number of furan rings is 1. The molecule has 5 nitrogen and oxygen atoms in total. The number of aromatic nitrogens is 4. The summed E-state index contributed by atoms with van der Waals surface area (Å²) in [5.41, 5.74) is 4.88. The lowest BCUT2D eigenvalue weighted by atomic mass is 10.1. The van der Waals surface area contributed by atoms with E-state index >= 15 is 0 Å². The highest BCUT2D eigenvalue weighted by Crippen LogP contribution is 2.33. The molecule has 21 heavy (non-hydrogen) atoms. The van der Waals surface area contributed by atoms with Gasteiger partial charge < -0.3 is 8.98 Å². The molecule has 0 N–H and O–H groups in total. The molecule has 0 aliphatic carbocycles. The second-order valence-electron chi connectivity index (χ2n) is 5.49. The largest absolute Gasteiger partial charge is 0.435 e. The molecule has 4 rings (SSSR count). The lowest BCUT2D eigenvalue weighted by Gasteiger charge is -2.05. The summed E-state index contributed by atoms with van der Waals surface area (Å²) in [7, 11) is 4.00. The van der Waals surface area contributed by atoms with E-state index in [0.29, 0.717) is 0 Å². The molecule has 0 fully saturated rings. The van der Waals surface area contributed by atoms with Crippen molar-refractivity contribution in [2.45, 2.75) is 13.8 Å². The number of fused-ring (bicyclic) bond motifs is 3. The zero-order chi connectivity index (χ0) is 14.7. The van der Waals surface area contributed by atoms with E-state index in [0.717, 1.165) is 33.7 Å². The van der Waals surface area contributed by atoms with Crippen molar-refractivity contribution in [3.05, 3.63) is 42.0 Å². The van der Waals surface area contributed by atoms with Crippen molar-refractivity contribution < 1.29 is 9.10 Å². The molecule has 3 aromatic heterocycles. The fraction of sp³-hybridized carbons (Fsp3) is 0.250. The lowest BCUT2D eigenvalue weighted by molar-refractivity contribution is -0.744. The molecule has 0 spiro atoms. The van der Waals surface area contributed by atoms with Crippen LogP contribution in [-0.4, -0.2) is 14.2 Å². The summed E-state index contributed by atoms with van der Waals surface area (Å²) in [4.78, 5) is 4.63. The minimum Gasteiger partial charge on any atom is -0.435 e. The van der Waals surface area contributed by atoms with E-state index in [4.69, 9.17) is 4.42 Å². The minimum absolute atomic E-state index is 0.823. The molecule has 0 bridgehead atoms. The van der Waals surface area contributed by atoms with E-state index < -0.39 is 0 Å². The van der Waals surface area contributed by atoms with Gasteiger partial charge in [0.25, 0.3) is 0 Å². The Labute approximate surface area is 122 Å². The fourth-order valence-corrected chi connectivity index (χ4v) is 2.88. The minimum atomic E-state index is 0.823. The van der Waals surface area contributed by atoms with Crippen LogP contribution in [0.25, 0.3) is 27.9 Å².